The highest BCUT2D eigenvalue weighted by Crippen LogP contribution is 2.58. The normalized spacial score (nSPS) is 19.2. The molecule has 0 spiro atoms. The van der Waals surface area contributed by atoms with Gasteiger partial charge in [-0.15, -0.1) is 23.5 Å². The summed E-state index contributed by atoms with van der Waals surface area (Å²) in [7, 11) is 0. The van der Waals surface area contributed by atoms with Gasteiger partial charge in [-0.3, -0.25) is 0 Å². The Bertz CT molecular complexity index is 703. The fourth-order valence-corrected chi connectivity index (χ4v) is 6.12. The lowest BCUT2D eigenvalue weighted by Gasteiger charge is -2.11. The Morgan fingerprint density at radius 1 is 1.05 bits per heavy atom. The van der Waals surface area contributed by atoms with Crippen LogP contribution in [0.25, 0.3) is 0 Å². The van der Waals surface area contributed by atoms with Crippen LogP contribution in [0.1, 0.15) is 15.7 Å². The van der Waals surface area contributed by atoms with Gasteiger partial charge in [-0.1, -0.05) is 22.0 Å². The molecule has 0 unspecified atom stereocenters. The van der Waals surface area contributed by atoms with Gasteiger partial charge in [-0.25, -0.2) is 0 Å². The van der Waals surface area contributed by atoms with Crippen molar-refractivity contribution in [2.24, 2.45) is 0 Å². The third kappa shape index (κ3) is 2.12. The fraction of sp³-hybridized carbons (Fsp3) is 0.200. The van der Waals surface area contributed by atoms with Crippen LogP contribution < -0.4 is 9.47 Å². The summed E-state index contributed by atoms with van der Waals surface area (Å²) in [6, 6.07) is 10.7. The predicted octanol–water partition coefficient (Wildman–Crippen LogP) is 5.38. The number of rotatable bonds is 1. The molecule has 2 heterocycles. The molecule has 20 heavy (non-hydrogen) atoms. The van der Waals surface area contributed by atoms with E-state index < -0.39 is 0 Å². The second kappa shape index (κ2) is 4.90. The molecule has 0 N–H and O–H groups in total. The molecule has 2 aliphatic rings. The van der Waals surface area contributed by atoms with Gasteiger partial charge in [0.25, 0.3) is 0 Å². The number of halogens is 1. The number of thioether (sulfide) groups is 2. The number of hydrogen-bond donors (Lipinski definition) is 0. The van der Waals surface area contributed by atoms with Crippen LogP contribution in [0, 0.1) is 6.92 Å². The van der Waals surface area contributed by atoms with Gasteiger partial charge in [0, 0.05) is 14.3 Å². The third-order valence-electron chi connectivity index (χ3n) is 3.31. The molecule has 0 radical (unpaired) electrons. The average molecular weight is 367 g/mol. The summed E-state index contributed by atoms with van der Waals surface area (Å²) in [4.78, 5) is 2.72. The quantitative estimate of drug-likeness (QED) is 0.673. The first kappa shape index (κ1) is 12.9. The molecule has 1 atom stereocenters. The molecule has 2 nitrogen and oxygen atoms in total. The van der Waals surface area contributed by atoms with Crippen LogP contribution in [0.3, 0.4) is 0 Å². The monoisotopic (exact) mass is 366 g/mol. The van der Waals surface area contributed by atoms with E-state index in [1.165, 1.54) is 20.9 Å². The summed E-state index contributed by atoms with van der Waals surface area (Å²) in [6.45, 7) is 2.45. The number of aryl methyl sites for hydroxylation is 1. The minimum absolute atomic E-state index is 0.315. The van der Waals surface area contributed by atoms with Gasteiger partial charge in [-0.2, -0.15) is 0 Å². The topological polar surface area (TPSA) is 18.5 Å². The summed E-state index contributed by atoms with van der Waals surface area (Å²) in [5.41, 5.74) is 2.56. The lowest BCUT2D eigenvalue weighted by Crippen LogP contribution is -1.93. The van der Waals surface area contributed by atoms with Crippen LogP contribution in [0.5, 0.6) is 11.5 Å². The van der Waals surface area contributed by atoms with Crippen LogP contribution in [0.4, 0.5) is 0 Å². The molecule has 2 aromatic rings. The van der Waals surface area contributed by atoms with Gasteiger partial charge in [0.2, 0.25) is 6.79 Å². The number of benzene rings is 2. The highest BCUT2D eigenvalue weighted by atomic mass is 79.9. The van der Waals surface area contributed by atoms with Crippen molar-refractivity contribution in [3.05, 3.63) is 45.9 Å². The van der Waals surface area contributed by atoms with E-state index in [0.717, 1.165) is 16.0 Å². The Morgan fingerprint density at radius 2 is 1.80 bits per heavy atom. The smallest absolute Gasteiger partial charge is 0.231 e. The number of fused-ring (bicyclic) bond motifs is 2. The summed E-state index contributed by atoms with van der Waals surface area (Å²) in [6.07, 6.45) is 0. The van der Waals surface area contributed by atoms with Crippen molar-refractivity contribution in [3.63, 3.8) is 0 Å². The Labute approximate surface area is 134 Å². The van der Waals surface area contributed by atoms with E-state index in [0.29, 0.717) is 11.4 Å². The zero-order chi connectivity index (χ0) is 13.7. The van der Waals surface area contributed by atoms with Crippen LogP contribution >= 0.6 is 39.5 Å². The largest absolute Gasteiger partial charge is 0.454 e. The first-order valence-electron chi connectivity index (χ1n) is 6.24. The summed E-state index contributed by atoms with van der Waals surface area (Å²) >= 11 is 7.45. The highest BCUT2D eigenvalue weighted by Gasteiger charge is 2.28. The van der Waals surface area contributed by atoms with Crippen LogP contribution in [0.15, 0.2) is 44.6 Å². The van der Waals surface area contributed by atoms with Crippen molar-refractivity contribution in [1.29, 1.82) is 0 Å². The molecule has 2 aliphatic heterocycles. The molecule has 0 aliphatic carbocycles. The second-order valence-electron chi connectivity index (χ2n) is 4.74. The summed E-state index contributed by atoms with van der Waals surface area (Å²) in [5.74, 6) is 1.67. The van der Waals surface area contributed by atoms with Gasteiger partial charge in [0.1, 0.15) is 0 Å². The lowest BCUT2D eigenvalue weighted by atomic mass is 10.2. The van der Waals surface area contributed by atoms with E-state index >= 15 is 0 Å². The van der Waals surface area contributed by atoms with E-state index in [1.54, 1.807) is 0 Å². The molecule has 5 heteroatoms. The van der Waals surface area contributed by atoms with Gasteiger partial charge in [0.15, 0.2) is 11.5 Å². The van der Waals surface area contributed by atoms with Crippen molar-refractivity contribution in [2.45, 2.75) is 21.3 Å². The van der Waals surface area contributed by atoms with Crippen LogP contribution in [-0.2, 0) is 0 Å². The lowest BCUT2D eigenvalue weighted by molar-refractivity contribution is 0.174. The Kier molecular flexibility index (Phi) is 3.16. The molecular weight excluding hydrogens is 356 g/mol. The minimum atomic E-state index is 0.315. The van der Waals surface area contributed by atoms with Gasteiger partial charge >= 0.3 is 0 Å². The van der Waals surface area contributed by atoms with Crippen LogP contribution in [-0.4, -0.2) is 6.79 Å². The molecule has 0 saturated carbocycles. The van der Waals surface area contributed by atoms with Crippen molar-refractivity contribution in [2.75, 3.05) is 6.79 Å². The highest BCUT2D eigenvalue weighted by molar-refractivity contribution is 9.10. The SMILES string of the molecule is Cc1ccc2c(c1)S[C@H](c1cc3c(cc1Br)OCO3)S2. The van der Waals surface area contributed by atoms with E-state index in [2.05, 4.69) is 47.1 Å². The van der Waals surface area contributed by atoms with E-state index in [-0.39, 0.29) is 0 Å². The van der Waals surface area contributed by atoms with E-state index in [4.69, 9.17) is 9.47 Å². The molecule has 0 bridgehead atoms. The zero-order valence-corrected chi connectivity index (χ0v) is 13.9. The van der Waals surface area contributed by atoms with Crippen molar-refractivity contribution >= 4 is 39.5 Å². The second-order valence-corrected chi connectivity index (χ2v) is 8.19. The standard InChI is InChI=1S/C15H11BrO2S2/c1-8-2-3-13-14(4-8)20-15(19-13)9-5-11-12(6-10(9)16)18-7-17-11/h2-6,15H,7H2,1H3/t15-/m1/s1. The average Bonchev–Trinajstić information content (AvgIpc) is 3.02. The molecule has 4 rings (SSSR count). The minimum Gasteiger partial charge on any atom is -0.454 e. The first-order valence-corrected chi connectivity index (χ1v) is 8.79. The molecule has 0 aromatic heterocycles. The number of ether oxygens (including phenoxy) is 2. The fourth-order valence-electron chi connectivity index (χ4n) is 2.30. The van der Waals surface area contributed by atoms with Gasteiger partial charge in [-0.05, 0) is 42.3 Å². The zero-order valence-electron chi connectivity index (χ0n) is 10.7. The molecule has 0 fully saturated rings. The maximum Gasteiger partial charge on any atom is 0.231 e. The van der Waals surface area contributed by atoms with Crippen molar-refractivity contribution in [3.8, 4) is 11.5 Å². The van der Waals surface area contributed by atoms with Gasteiger partial charge < -0.3 is 9.47 Å². The summed E-state index contributed by atoms with van der Waals surface area (Å²) in [5, 5.41) is 0. The first-order chi connectivity index (χ1) is 9.70. The Morgan fingerprint density at radius 3 is 2.65 bits per heavy atom. The predicted molar refractivity (Wildman–Crippen MR) is 85.9 cm³/mol. The summed E-state index contributed by atoms with van der Waals surface area (Å²) < 4.78 is 12.3. The molecule has 102 valence electrons. The van der Waals surface area contributed by atoms with Crippen molar-refractivity contribution in [1.82, 2.24) is 0 Å². The van der Waals surface area contributed by atoms with Gasteiger partial charge in [0.05, 0.1) is 4.58 Å². The molecule has 0 saturated heterocycles. The van der Waals surface area contributed by atoms with E-state index in [1.807, 2.05) is 29.6 Å². The third-order valence-corrected chi connectivity index (χ3v) is 6.84. The molecular formula is C15H11BrO2S2. The Hall–Kier alpha value is -0.780. The molecule has 2 aromatic carbocycles. The number of hydrogen-bond acceptors (Lipinski definition) is 4. The van der Waals surface area contributed by atoms with Crippen molar-refractivity contribution < 1.29 is 9.47 Å². The maximum atomic E-state index is 5.49. The molecule has 0 amide bonds. The Balaban J connectivity index is 1.70. The van der Waals surface area contributed by atoms with Crippen LogP contribution in [0.2, 0.25) is 0 Å². The maximum absolute atomic E-state index is 5.49. The van der Waals surface area contributed by atoms with E-state index in [9.17, 15) is 0 Å².